The predicted octanol–water partition coefficient (Wildman–Crippen LogP) is 5.19. The average molecular weight is 445 g/mol. The van der Waals surface area contributed by atoms with Crippen molar-refractivity contribution in [1.82, 2.24) is 14.5 Å². The second-order valence-corrected chi connectivity index (χ2v) is 7.99. The lowest BCUT2D eigenvalue weighted by Gasteiger charge is -2.31. The maximum absolute atomic E-state index is 13.3. The molecule has 5 nitrogen and oxygen atoms in total. The molecule has 170 valence electrons. The zero-order valence-electron chi connectivity index (χ0n) is 17.9. The Kier molecular flexibility index (Phi) is 6.69. The minimum atomic E-state index is -4.55. The van der Waals surface area contributed by atoms with Gasteiger partial charge in [0.05, 0.1) is 19.4 Å². The predicted molar refractivity (Wildman–Crippen MR) is 115 cm³/mol. The number of ether oxygens (including phenoxy) is 2. The van der Waals surface area contributed by atoms with Crippen LogP contribution in [-0.4, -0.2) is 41.3 Å². The van der Waals surface area contributed by atoms with Crippen molar-refractivity contribution < 1.29 is 22.6 Å². The van der Waals surface area contributed by atoms with E-state index >= 15 is 0 Å². The van der Waals surface area contributed by atoms with E-state index in [2.05, 4.69) is 22.0 Å². The Bertz CT molecular complexity index is 1010. The number of hydrogen-bond donors (Lipinski definition) is 0. The summed E-state index contributed by atoms with van der Waals surface area (Å²) in [7, 11) is 1.51. The van der Waals surface area contributed by atoms with Gasteiger partial charge in [0.2, 0.25) is 0 Å². The number of aromatic nitrogens is 2. The quantitative estimate of drug-likeness (QED) is 0.502. The number of halogens is 3. The van der Waals surface area contributed by atoms with Crippen LogP contribution in [0.15, 0.2) is 60.8 Å². The van der Waals surface area contributed by atoms with Gasteiger partial charge >= 0.3 is 12.2 Å². The fourth-order valence-electron chi connectivity index (χ4n) is 3.89. The SMILES string of the molecule is COc1cccc(-n2cc(C(F)(F)F)nc2OCC2CCN(Cc3ccccc3)CC2)c1. The molecule has 0 spiro atoms. The minimum absolute atomic E-state index is 0.0581. The summed E-state index contributed by atoms with van der Waals surface area (Å²) in [6.07, 6.45) is -1.73. The summed E-state index contributed by atoms with van der Waals surface area (Å²) < 4.78 is 52.2. The first-order chi connectivity index (χ1) is 15.4. The summed E-state index contributed by atoms with van der Waals surface area (Å²) in [5.41, 5.74) is 0.801. The molecule has 0 saturated carbocycles. The van der Waals surface area contributed by atoms with Crippen LogP contribution in [0.25, 0.3) is 5.69 Å². The van der Waals surface area contributed by atoms with Crippen LogP contribution in [0.4, 0.5) is 13.2 Å². The Labute approximate surface area is 185 Å². The zero-order valence-corrected chi connectivity index (χ0v) is 17.9. The van der Waals surface area contributed by atoms with Crippen molar-refractivity contribution in [3.8, 4) is 17.4 Å². The van der Waals surface area contributed by atoms with Crippen LogP contribution in [0.1, 0.15) is 24.1 Å². The van der Waals surface area contributed by atoms with Gasteiger partial charge in [-0.3, -0.25) is 9.47 Å². The summed E-state index contributed by atoms with van der Waals surface area (Å²) in [4.78, 5) is 6.13. The first-order valence-electron chi connectivity index (χ1n) is 10.6. The highest BCUT2D eigenvalue weighted by Crippen LogP contribution is 2.32. The number of nitrogens with zero attached hydrogens (tertiary/aromatic N) is 3. The molecular formula is C24H26F3N3O2. The summed E-state index contributed by atoms with van der Waals surface area (Å²) >= 11 is 0. The summed E-state index contributed by atoms with van der Waals surface area (Å²) in [6, 6.07) is 17.0. The molecule has 1 fully saturated rings. The lowest BCUT2D eigenvalue weighted by atomic mass is 9.97. The number of piperidine rings is 1. The van der Waals surface area contributed by atoms with E-state index in [-0.39, 0.29) is 11.9 Å². The number of alkyl halides is 3. The molecule has 0 aliphatic carbocycles. The summed E-state index contributed by atoms with van der Waals surface area (Å²) in [6.45, 7) is 3.10. The standard InChI is InChI=1S/C24H26F3N3O2/c1-31-21-9-5-8-20(14-21)30-16-22(24(25,26)27)28-23(30)32-17-19-10-12-29(13-11-19)15-18-6-3-2-4-7-18/h2-9,14,16,19H,10-13,15,17H2,1H3. The molecule has 1 aliphatic rings. The Morgan fingerprint density at radius 1 is 1.03 bits per heavy atom. The molecule has 0 amide bonds. The molecule has 32 heavy (non-hydrogen) atoms. The minimum Gasteiger partial charge on any atom is -0.497 e. The topological polar surface area (TPSA) is 39.5 Å². The largest absolute Gasteiger partial charge is 0.497 e. The summed E-state index contributed by atoms with van der Waals surface area (Å²) in [5, 5.41) is 0. The van der Waals surface area contributed by atoms with Crippen molar-refractivity contribution in [2.45, 2.75) is 25.6 Å². The second kappa shape index (κ2) is 9.65. The molecule has 8 heteroatoms. The van der Waals surface area contributed by atoms with Crippen LogP contribution in [-0.2, 0) is 12.7 Å². The molecule has 2 heterocycles. The summed E-state index contributed by atoms with van der Waals surface area (Å²) in [5.74, 6) is 0.813. The van der Waals surface area contributed by atoms with E-state index in [1.165, 1.54) is 17.2 Å². The smallest absolute Gasteiger partial charge is 0.435 e. The molecule has 2 aromatic carbocycles. The highest BCUT2D eigenvalue weighted by Gasteiger charge is 2.35. The van der Waals surface area contributed by atoms with E-state index in [4.69, 9.17) is 9.47 Å². The maximum Gasteiger partial charge on any atom is 0.435 e. The number of hydrogen-bond acceptors (Lipinski definition) is 4. The van der Waals surface area contributed by atoms with E-state index in [1.807, 2.05) is 18.2 Å². The van der Waals surface area contributed by atoms with E-state index < -0.39 is 11.9 Å². The number of benzene rings is 2. The van der Waals surface area contributed by atoms with Crippen LogP contribution in [0.3, 0.4) is 0 Å². The van der Waals surface area contributed by atoms with Crippen LogP contribution >= 0.6 is 0 Å². The van der Waals surface area contributed by atoms with Gasteiger partial charge < -0.3 is 9.47 Å². The van der Waals surface area contributed by atoms with Gasteiger partial charge in [-0.2, -0.15) is 18.2 Å². The first-order valence-corrected chi connectivity index (χ1v) is 10.6. The fourth-order valence-corrected chi connectivity index (χ4v) is 3.89. The molecule has 0 atom stereocenters. The van der Waals surface area contributed by atoms with Crippen LogP contribution in [0.2, 0.25) is 0 Å². The number of rotatable bonds is 7. The molecule has 0 radical (unpaired) electrons. The lowest BCUT2D eigenvalue weighted by Crippen LogP contribution is -2.35. The maximum atomic E-state index is 13.3. The third-order valence-corrected chi connectivity index (χ3v) is 5.70. The molecule has 0 N–H and O–H groups in total. The zero-order chi connectivity index (χ0) is 22.6. The molecule has 0 bridgehead atoms. The third-order valence-electron chi connectivity index (χ3n) is 5.70. The fraction of sp³-hybridized carbons (Fsp3) is 0.375. The lowest BCUT2D eigenvalue weighted by molar-refractivity contribution is -0.141. The molecule has 3 aromatic rings. The number of imidazole rings is 1. The van der Waals surface area contributed by atoms with Gasteiger partial charge in [0.15, 0.2) is 5.69 Å². The molecule has 4 rings (SSSR count). The van der Waals surface area contributed by atoms with Gasteiger partial charge in [-0.1, -0.05) is 36.4 Å². The van der Waals surface area contributed by atoms with E-state index in [0.717, 1.165) is 38.7 Å². The molecule has 0 unspecified atom stereocenters. The van der Waals surface area contributed by atoms with Crippen LogP contribution in [0.5, 0.6) is 11.8 Å². The Morgan fingerprint density at radius 2 is 1.78 bits per heavy atom. The molecule has 1 aliphatic heterocycles. The van der Waals surface area contributed by atoms with Gasteiger partial charge in [0.25, 0.3) is 0 Å². The van der Waals surface area contributed by atoms with E-state index in [1.54, 1.807) is 24.3 Å². The normalized spacial score (nSPS) is 15.6. The monoisotopic (exact) mass is 445 g/mol. The van der Waals surface area contributed by atoms with Crippen molar-refractivity contribution in [2.75, 3.05) is 26.8 Å². The van der Waals surface area contributed by atoms with Crippen molar-refractivity contribution in [3.05, 3.63) is 72.1 Å². The number of methoxy groups -OCH3 is 1. The van der Waals surface area contributed by atoms with Crippen LogP contribution in [0, 0.1) is 5.92 Å². The van der Waals surface area contributed by atoms with E-state index in [9.17, 15) is 13.2 Å². The van der Waals surface area contributed by atoms with Gasteiger partial charge in [0.1, 0.15) is 5.75 Å². The number of likely N-dealkylation sites (tertiary alicyclic amines) is 1. The Hall–Kier alpha value is -3.00. The van der Waals surface area contributed by atoms with E-state index in [0.29, 0.717) is 18.0 Å². The van der Waals surface area contributed by atoms with Gasteiger partial charge in [0, 0.05) is 18.8 Å². The van der Waals surface area contributed by atoms with Crippen molar-refractivity contribution in [3.63, 3.8) is 0 Å². The molecule has 1 saturated heterocycles. The Balaban J connectivity index is 1.41. The average Bonchev–Trinajstić information content (AvgIpc) is 3.24. The van der Waals surface area contributed by atoms with Crippen molar-refractivity contribution in [2.24, 2.45) is 5.92 Å². The van der Waals surface area contributed by atoms with Crippen molar-refractivity contribution in [1.29, 1.82) is 0 Å². The molecule has 1 aromatic heterocycles. The highest BCUT2D eigenvalue weighted by molar-refractivity contribution is 5.42. The third kappa shape index (κ3) is 5.43. The first kappa shape index (κ1) is 22.2. The van der Waals surface area contributed by atoms with Crippen molar-refractivity contribution >= 4 is 0 Å². The van der Waals surface area contributed by atoms with Crippen LogP contribution < -0.4 is 9.47 Å². The van der Waals surface area contributed by atoms with Gasteiger partial charge in [-0.25, -0.2) is 0 Å². The second-order valence-electron chi connectivity index (χ2n) is 7.99. The highest BCUT2D eigenvalue weighted by atomic mass is 19.4. The van der Waals surface area contributed by atoms with Gasteiger partial charge in [-0.15, -0.1) is 0 Å². The Morgan fingerprint density at radius 3 is 2.47 bits per heavy atom. The van der Waals surface area contributed by atoms with Gasteiger partial charge in [-0.05, 0) is 49.5 Å². The molecular weight excluding hydrogens is 419 g/mol.